The minimum Gasteiger partial charge on any atom is -0.339 e. The summed E-state index contributed by atoms with van der Waals surface area (Å²) in [5, 5.41) is 6.30. The van der Waals surface area contributed by atoms with E-state index in [0.29, 0.717) is 41.8 Å². The number of nitrogens with zero attached hydrogens (tertiary/aromatic N) is 2. The number of likely N-dealkylation sites (tertiary alicyclic amines) is 1. The molecule has 136 valence electrons. The van der Waals surface area contributed by atoms with Crippen LogP contribution in [0.25, 0.3) is 0 Å². The fourth-order valence-corrected chi connectivity index (χ4v) is 3.09. The predicted octanol–water partition coefficient (Wildman–Crippen LogP) is 3.41. The van der Waals surface area contributed by atoms with Crippen molar-refractivity contribution < 1.29 is 9.59 Å². The van der Waals surface area contributed by atoms with Gasteiger partial charge in [0, 0.05) is 48.3 Å². The summed E-state index contributed by atoms with van der Waals surface area (Å²) in [4.78, 5) is 30.2. The van der Waals surface area contributed by atoms with Crippen LogP contribution < -0.4 is 10.6 Å². The van der Waals surface area contributed by atoms with E-state index in [1.807, 2.05) is 4.90 Å². The van der Waals surface area contributed by atoms with Crippen molar-refractivity contribution in [2.45, 2.75) is 12.8 Å². The largest absolute Gasteiger partial charge is 0.339 e. The van der Waals surface area contributed by atoms with Gasteiger partial charge in [-0.15, -0.1) is 0 Å². The third-order valence-electron chi connectivity index (χ3n) is 4.48. The minimum atomic E-state index is -0.234. The van der Waals surface area contributed by atoms with Crippen LogP contribution in [0, 0.1) is 5.92 Å². The van der Waals surface area contributed by atoms with Gasteiger partial charge in [-0.2, -0.15) is 0 Å². The van der Waals surface area contributed by atoms with Gasteiger partial charge in [-0.1, -0.05) is 11.6 Å². The summed E-state index contributed by atoms with van der Waals surface area (Å²) >= 11 is 5.82. The molecule has 1 aromatic heterocycles. The van der Waals surface area contributed by atoms with Crippen LogP contribution in [0.1, 0.15) is 23.2 Å². The van der Waals surface area contributed by atoms with Crippen molar-refractivity contribution in [2.75, 3.05) is 25.0 Å². The van der Waals surface area contributed by atoms with Crippen molar-refractivity contribution in [1.82, 2.24) is 15.2 Å². The van der Waals surface area contributed by atoms with Gasteiger partial charge < -0.3 is 15.5 Å². The maximum atomic E-state index is 12.4. The van der Waals surface area contributed by atoms with Crippen molar-refractivity contribution in [1.29, 1.82) is 0 Å². The SMILES string of the molecule is O=C(NCC1CCN(C(=O)c2ccncc2)CC1)Nc1ccc(Cl)cc1. The first-order valence-corrected chi connectivity index (χ1v) is 8.99. The Labute approximate surface area is 157 Å². The zero-order valence-corrected chi connectivity index (χ0v) is 15.1. The Bertz CT molecular complexity index is 744. The Hall–Kier alpha value is -2.60. The lowest BCUT2D eigenvalue weighted by Crippen LogP contribution is -2.42. The number of aromatic nitrogens is 1. The quantitative estimate of drug-likeness (QED) is 0.863. The van der Waals surface area contributed by atoms with E-state index in [0.717, 1.165) is 12.8 Å². The number of amides is 3. The summed E-state index contributed by atoms with van der Waals surface area (Å²) in [6.45, 7) is 2.00. The van der Waals surface area contributed by atoms with Crippen molar-refractivity contribution in [3.63, 3.8) is 0 Å². The van der Waals surface area contributed by atoms with Crippen molar-refractivity contribution in [3.8, 4) is 0 Å². The summed E-state index contributed by atoms with van der Waals surface area (Å²) in [5.74, 6) is 0.409. The highest BCUT2D eigenvalue weighted by molar-refractivity contribution is 6.30. The van der Waals surface area contributed by atoms with Gasteiger partial charge in [0.25, 0.3) is 5.91 Å². The number of carbonyl (C=O) groups excluding carboxylic acids is 2. The van der Waals surface area contributed by atoms with Crippen LogP contribution in [0.5, 0.6) is 0 Å². The molecular weight excluding hydrogens is 352 g/mol. The van der Waals surface area contributed by atoms with Gasteiger partial charge in [0.05, 0.1) is 0 Å². The number of nitrogens with one attached hydrogen (secondary N) is 2. The lowest BCUT2D eigenvalue weighted by molar-refractivity contribution is 0.0690. The molecule has 1 aromatic carbocycles. The van der Waals surface area contributed by atoms with Gasteiger partial charge in [-0.3, -0.25) is 9.78 Å². The Kier molecular flexibility index (Phi) is 6.07. The zero-order valence-electron chi connectivity index (χ0n) is 14.3. The Morgan fingerprint density at radius 2 is 1.73 bits per heavy atom. The Morgan fingerprint density at radius 3 is 2.38 bits per heavy atom. The molecule has 2 heterocycles. The predicted molar refractivity (Wildman–Crippen MR) is 101 cm³/mol. The molecule has 6 nitrogen and oxygen atoms in total. The molecule has 1 fully saturated rings. The van der Waals surface area contributed by atoms with E-state index in [4.69, 9.17) is 11.6 Å². The molecule has 3 rings (SSSR count). The fraction of sp³-hybridized carbons (Fsp3) is 0.316. The molecule has 2 N–H and O–H groups in total. The lowest BCUT2D eigenvalue weighted by atomic mass is 9.96. The number of rotatable bonds is 4. The highest BCUT2D eigenvalue weighted by Gasteiger charge is 2.23. The van der Waals surface area contributed by atoms with Gasteiger partial charge in [-0.05, 0) is 55.2 Å². The average Bonchev–Trinajstić information content (AvgIpc) is 2.69. The molecule has 0 radical (unpaired) electrons. The summed E-state index contributed by atoms with van der Waals surface area (Å²) in [6.07, 6.45) is 5.00. The average molecular weight is 373 g/mol. The van der Waals surface area contributed by atoms with Crippen molar-refractivity contribution in [3.05, 3.63) is 59.4 Å². The van der Waals surface area contributed by atoms with Gasteiger partial charge in [0.15, 0.2) is 0 Å². The second-order valence-electron chi connectivity index (χ2n) is 6.31. The first-order chi connectivity index (χ1) is 12.6. The molecule has 0 bridgehead atoms. The lowest BCUT2D eigenvalue weighted by Gasteiger charge is -2.32. The highest BCUT2D eigenvalue weighted by atomic mass is 35.5. The van der Waals surface area contributed by atoms with Crippen LogP contribution in [0.4, 0.5) is 10.5 Å². The molecule has 1 aliphatic rings. The van der Waals surface area contributed by atoms with Crippen LogP contribution in [-0.4, -0.2) is 41.5 Å². The van der Waals surface area contributed by atoms with E-state index in [1.165, 1.54) is 0 Å². The van der Waals surface area contributed by atoms with E-state index >= 15 is 0 Å². The second kappa shape index (κ2) is 8.67. The molecule has 2 aromatic rings. The first-order valence-electron chi connectivity index (χ1n) is 8.61. The summed E-state index contributed by atoms with van der Waals surface area (Å²) in [6, 6.07) is 10.2. The number of hydrogen-bond acceptors (Lipinski definition) is 3. The maximum absolute atomic E-state index is 12.4. The van der Waals surface area contributed by atoms with Crippen molar-refractivity contribution in [2.24, 2.45) is 5.92 Å². The minimum absolute atomic E-state index is 0.0410. The number of urea groups is 1. The maximum Gasteiger partial charge on any atom is 0.319 e. The van der Waals surface area contributed by atoms with Crippen molar-refractivity contribution >= 4 is 29.2 Å². The third-order valence-corrected chi connectivity index (χ3v) is 4.73. The van der Waals surface area contributed by atoms with Gasteiger partial charge >= 0.3 is 6.03 Å². The standard InChI is InChI=1S/C19H21ClN4O2/c20-16-1-3-17(4-2-16)23-19(26)22-13-14-7-11-24(12-8-14)18(25)15-5-9-21-10-6-15/h1-6,9-10,14H,7-8,11-13H2,(H2,22,23,26). The fourth-order valence-electron chi connectivity index (χ4n) is 2.96. The van der Waals surface area contributed by atoms with E-state index in [1.54, 1.807) is 48.8 Å². The number of halogens is 1. The summed E-state index contributed by atoms with van der Waals surface area (Å²) in [7, 11) is 0. The van der Waals surface area contributed by atoms with Crippen LogP contribution in [-0.2, 0) is 0 Å². The first kappa shape index (κ1) is 18.2. The Balaban J connectivity index is 1.40. The van der Waals surface area contributed by atoms with Crippen LogP contribution >= 0.6 is 11.6 Å². The number of anilines is 1. The van der Waals surface area contributed by atoms with E-state index in [9.17, 15) is 9.59 Å². The number of pyridine rings is 1. The molecule has 0 unspecified atom stereocenters. The van der Waals surface area contributed by atoms with E-state index in [2.05, 4.69) is 15.6 Å². The molecular formula is C19H21ClN4O2. The van der Waals surface area contributed by atoms with E-state index in [-0.39, 0.29) is 11.9 Å². The smallest absolute Gasteiger partial charge is 0.319 e. The zero-order chi connectivity index (χ0) is 18.4. The molecule has 26 heavy (non-hydrogen) atoms. The molecule has 0 saturated carbocycles. The van der Waals surface area contributed by atoms with Crippen LogP contribution in [0.3, 0.4) is 0 Å². The number of carbonyl (C=O) groups is 2. The van der Waals surface area contributed by atoms with Gasteiger partial charge in [0.1, 0.15) is 0 Å². The third kappa shape index (κ3) is 4.95. The van der Waals surface area contributed by atoms with Crippen LogP contribution in [0.2, 0.25) is 5.02 Å². The number of benzene rings is 1. The van der Waals surface area contributed by atoms with Gasteiger partial charge in [-0.25, -0.2) is 4.79 Å². The molecule has 0 spiro atoms. The molecule has 1 saturated heterocycles. The van der Waals surface area contributed by atoms with E-state index < -0.39 is 0 Å². The molecule has 7 heteroatoms. The molecule has 0 aliphatic carbocycles. The number of piperidine rings is 1. The van der Waals surface area contributed by atoms with Gasteiger partial charge in [0.2, 0.25) is 0 Å². The molecule has 1 aliphatic heterocycles. The number of hydrogen-bond donors (Lipinski definition) is 2. The van der Waals surface area contributed by atoms with Crippen LogP contribution in [0.15, 0.2) is 48.8 Å². The molecule has 3 amide bonds. The second-order valence-corrected chi connectivity index (χ2v) is 6.75. The topological polar surface area (TPSA) is 74.3 Å². The summed E-state index contributed by atoms with van der Waals surface area (Å²) < 4.78 is 0. The summed E-state index contributed by atoms with van der Waals surface area (Å²) in [5.41, 5.74) is 1.36. The molecule has 0 atom stereocenters. The Morgan fingerprint density at radius 1 is 1.08 bits per heavy atom. The monoisotopic (exact) mass is 372 g/mol. The normalized spacial score (nSPS) is 14.7. The highest BCUT2D eigenvalue weighted by Crippen LogP contribution is 2.18.